The molecule has 0 radical (unpaired) electrons. The molecule has 2 aromatic heterocycles. The Morgan fingerprint density at radius 3 is 2.84 bits per heavy atom. The zero-order valence-electron chi connectivity index (χ0n) is 10.8. The van der Waals surface area contributed by atoms with Crippen molar-refractivity contribution in [2.45, 2.75) is 32.2 Å². The predicted molar refractivity (Wildman–Crippen MR) is 74.8 cm³/mol. The third-order valence-electron chi connectivity index (χ3n) is 3.42. The van der Waals surface area contributed by atoms with Crippen LogP contribution in [0, 0.1) is 0 Å². The number of carbonyl (C=O) groups excluding carboxylic acids is 1. The van der Waals surface area contributed by atoms with Gasteiger partial charge in [0.1, 0.15) is 5.82 Å². The normalized spacial score (nSPS) is 18.5. The van der Waals surface area contributed by atoms with Crippen LogP contribution in [0.3, 0.4) is 0 Å². The molecule has 0 fully saturated rings. The molecule has 1 aliphatic heterocycles. The molecule has 1 unspecified atom stereocenters. The fourth-order valence-electron chi connectivity index (χ4n) is 2.53. The number of fused-ring (bicyclic) bond motifs is 1. The van der Waals surface area contributed by atoms with Crippen molar-refractivity contribution < 1.29 is 4.79 Å². The fraction of sp³-hybridized carbons (Fsp3) is 0.385. The van der Waals surface area contributed by atoms with Gasteiger partial charge < -0.3 is 5.32 Å². The van der Waals surface area contributed by atoms with E-state index in [1.807, 2.05) is 30.7 Å². The lowest BCUT2D eigenvalue weighted by Gasteiger charge is -2.23. The van der Waals surface area contributed by atoms with Crippen LogP contribution in [0.25, 0.3) is 0 Å². The van der Waals surface area contributed by atoms with E-state index < -0.39 is 0 Å². The molecule has 0 bridgehead atoms. The molecule has 1 atom stereocenters. The summed E-state index contributed by atoms with van der Waals surface area (Å²) in [5, 5.41) is 9.60. The summed E-state index contributed by atoms with van der Waals surface area (Å²) in [5.74, 6) is 0.434. The second-order valence-corrected chi connectivity index (χ2v) is 5.81. The van der Waals surface area contributed by atoms with E-state index in [4.69, 9.17) is 0 Å². The minimum atomic E-state index is -0.140. The Labute approximate surface area is 114 Å². The van der Waals surface area contributed by atoms with Crippen LogP contribution < -0.4 is 10.9 Å². The average molecular weight is 277 g/mol. The molecule has 3 rings (SSSR count). The monoisotopic (exact) mass is 277 g/mol. The van der Waals surface area contributed by atoms with Gasteiger partial charge in [-0.05, 0) is 36.2 Å². The van der Waals surface area contributed by atoms with Crippen LogP contribution in [0.4, 0.5) is 5.82 Å². The largest absolute Gasteiger partial charge is 0.311 e. The second kappa shape index (κ2) is 4.38. The van der Waals surface area contributed by atoms with Gasteiger partial charge in [-0.1, -0.05) is 0 Å². The zero-order chi connectivity index (χ0) is 13.6. The molecule has 0 aromatic carbocycles. The molecule has 2 aromatic rings. The lowest BCUT2D eigenvalue weighted by atomic mass is 9.89. The number of aromatic amines is 1. The molecule has 0 saturated heterocycles. The molecule has 3 heterocycles. The second-order valence-electron chi connectivity index (χ2n) is 5.03. The number of amides is 1. The third-order valence-corrected chi connectivity index (χ3v) is 4.12. The first kappa shape index (κ1) is 12.2. The first-order chi connectivity index (χ1) is 9.08. The van der Waals surface area contributed by atoms with Crippen LogP contribution in [0.15, 0.2) is 21.6 Å². The van der Waals surface area contributed by atoms with Gasteiger partial charge in [0.2, 0.25) is 5.91 Å². The highest BCUT2D eigenvalue weighted by Crippen LogP contribution is 2.36. The van der Waals surface area contributed by atoms with Crippen molar-refractivity contribution in [2.75, 3.05) is 5.32 Å². The Balaban J connectivity index is 2.19. The Hall–Kier alpha value is -1.82. The summed E-state index contributed by atoms with van der Waals surface area (Å²) < 4.78 is 1.73. The molecule has 2 N–H and O–H groups in total. The Morgan fingerprint density at radius 1 is 1.42 bits per heavy atom. The Kier molecular flexibility index (Phi) is 2.82. The first-order valence-electron chi connectivity index (χ1n) is 6.24. The van der Waals surface area contributed by atoms with Crippen LogP contribution in [0.1, 0.15) is 43.4 Å². The Morgan fingerprint density at radius 2 is 2.21 bits per heavy atom. The maximum Gasteiger partial charge on any atom is 0.270 e. The van der Waals surface area contributed by atoms with Gasteiger partial charge >= 0.3 is 0 Å². The van der Waals surface area contributed by atoms with Crippen molar-refractivity contribution in [3.05, 3.63) is 38.3 Å². The van der Waals surface area contributed by atoms with E-state index in [1.54, 1.807) is 16.0 Å². The van der Waals surface area contributed by atoms with Crippen molar-refractivity contribution in [1.29, 1.82) is 0 Å². The number of thiophene rings is 1. The number of hydrogen-bond donors (Lipinski definition) is 2. The zero-order valence-corrected chi connectivity index (χ0v) is 11.6. The van der Waals surface area contributed by atoms with Crippen molar-refractivity contribution >= 4 is 23.1 Å². The third kappa shape index (κ3) is 1.92. The predicted octanol–water partition coefficient (Wildman–Crippen LogP) is 2.29. The minimum Gasteiger partial charge on any atom is -0.311 e. The fourth-order valence-corrected chi connectivity index (χ4v) is 3.24. The number of anilines is 1. The van der Waals surface area contributed by atoms with Crippen molar-refractivity contribution in [3.8, 4) is 0 Å². The van der Waals surface area contributed by atoms with E-state index in [1.165, 1.54) is 0 Å². The highest BCUT2D eigenvalue weighted by molar-refractivity contribution is 7.08. The summed E-state index contributed by atoms with van der Waals surface area (Å²) >= 11 is 1.58. The van der Waals surface area contributed by atoms with Crippen LogP contribution in [-0.2, 0) is 4.79 Å². The van der Waals surface area contributed by atoms with E-state index in [9.17, 15) is 9.59 Å². The molecule has 19 heavy (non-hydrogen) atoms. The van der Waals surface area contributed by atoms with Gasteiger partial charge in [-0.15, -0.1) is 0 Å². The number of nitrogens with one attached hydrogen (secondary N) is 2. The first-order valence-corrected chi connectivity index (χ1v) is 7.18. The number of nitrogens with zero attached hydrogens (tertiary/aromatic N) is 1. The van der Waals surface area contributed by atoms with Crippen LogP contribution in [-0.4, -0.2) is 15.7 Å². The van der Waals surface area contributed by atoms with E-state index in [0.29, 0.717) is 17.8 Å². The quantitative estimate of drug-likeness (QED) is 0.884. The van der Waals surface area contributed by atoms with Crippen molar-refractivity contribution in [1.82, 2.24) is 9.78 Å². The molecule has 0 aliphatic carbocycles. The molecular formula is C13H15N3O2S. The van der Waals surface area contributed by atoms with E-state index in [0.717, 1.165) is 5.56 Å². The van der Waals surface area contributed by atoms with Crippen molar-refractivity contribution in [2.24, 2.45) is 0 Å². The smallest absolute Gasteiger partial charge is 0.270 e. The maximum atomic E-state index is 12.2. The van der Waals surface area contributed by atoms with E-state index >= 15 is 0 Å². The summed E-state index contributed by atoms with van der Waals surface area (Å²) in [4.78, 5) is 24.1. The number of rotatable bonds is 2. The average Bonchev–Trinajstić information content (AvgIpc) is 2.96. The molecule has 1 amide bonds. The van der Waals surface area contributed by atoms with Gasteiger partial charge in [-0.2, -0.15) is 11.3 Å². The van der Waals surface area contributed by atoms with Gasteiger partial charge in [0.05, 0.1) is 5.56 Å². The molecule has 100 valence electrons. The van der Waals surface area contributed by atoms with E-state index in [-0.39, 0.29) is 23.4 Å². The van der Waals surface area contributed by atoms with Gasteiger partial charge in [0.15, 0.2) is 0 Å². The summed E-state index contributed by atoms with van der Waals surface area (Å²) in [7, 11) is 0. The molecule has 6 heteroatoms. The van der Waals surface area contributed by atoms with Gasteiger partial charge in [0, 0.05) is 18.4 Å². The highest BCUT2D eigenvalue weighted by Gasteiger charge is 2.33. The van der Waals surface area contributed by atoms with Crippen LogP contribution in [0.2, 0.25) is 0 Å². The number of aromatic nitrogens is 2. The molecular weight excluding hydrogens is 262 g/mol. The molecule has 0 spiro atoms. The van der Waals surface area contributed by atoms with Gasteiger partial charge in [0.25, 0.3) is 5.56 Å². The molecule has 0 saturated carbocycles. The number of carbonyl (C=O) groups is 1. The van der Waals surface area contributed by atoms with Gasteiger partial charge in [-0.25, -0.2) is 0 Å². The summed E-state index contributed by atoms with van der Waals surface area (Å²) in [6, 6.07) is 2.07. The standard InChI is InChI=1S/C13H15N3O2S/c1-7(2)16-12-11(13(18)15-16)9(5-10(17)14-12)8-3-4-19-6-8/h3-4,6-7,9H,5H2,1-2H3,(H,14,17)(H,15,18). The number of hydrogen-bond acceptors (Lipinski definition) is 3. The number of H-pyrrole nitrogens is 1. The highest BCUT2D eigenvalue weighted by atomic mass is 32.1. The van der Waals surface area contributed by atoms with Crippen LogP contribution in [0.5, 0.6) is 0 Å². The lowest BCUT2D eigenvalue weighted by molar-refractivity contribution is -0.116. The van der Waals surface area contributed by atoms with Crippen molar-refractivity contribution in [3.63, 3.8) is 0 Å². The maximum absolute atomic E-state index is 12.2. The topological polar surface area (TPSA) is 66.9 Å². The van der Waals surface area contributed by atoms with Crippen LogP contribution >= 0.6 is 11.3 Å². The summed E-state index contributed by atoms with van der Waals surface area (Å²) in [5.41, 5.74) is 1.60. The van der Waals surface area contributed by atoms with Gasteiger partial charge in [-0.3, -0.25) is 19.4 Å². The lowest BCUT2D eigenvalue weighted by Crippen LogP contribution is -2.26. The molecule has 1 aliphatic rings. The molecule has 5 nitrogen and oxygen atoms in total. The summed E-state index contributed by atoms with van der Waals surface area (Å²) in [6.45, 7) is 3.94. The Bertz CT molecular complexity index is 667. The SMILES string of the molecule is CC(C)n1[nH]c(=O)c2c1NC(=O)CC2c1ccsc1. The summed E-state index contributed by atoms with van der Waals surface area (Å²) in [6.07, 6.45) is 0.328. The minimum absolute atomic E-state index is 0.0444. The van der Waals surface area contributed by atoms with E-state index in [2.05, 4.69) is 10.4 Å².